The second-order valence-corrected chi connectivity index (χ2v) is 15.2. The summed E-state index contributed by atoms with van der Waals surface area (Å²) in [5, 5.41) is 4.53. The maximum absolute atomic E-state index is 15.2. The Morgan fingerprint density at radius 3 is 1.86 bits per heavy atom. The van der Waals surface area contributed by atoms with E-state index < -0.39 is 0 Å². The van der Waals surface area contributed by atoms with Gasteiger partial charge in [0.1, 0.15) is 5.82 Å². The summed E-state index contributed by atoms with van der Waals surface area (Å²) in [7, 11) is 0. The van der Waals surface area contributed by atoms with Crippen LogP contribution in [0.15, 0.2) is 188 Å². The Hall–Kier alpha value is -7.28. The number of para-hydroxylation sites is 1. The third-order valence-corrected chi connectivity index (χ3v) is 11.9. The number of hydrogen-bond donors (Lipinski definition) is 0. The van der Waals surface area contributed by atoms with Crippen LogP contribution in [0.4, 0.5) is 4.39 Å². The standard InChI is InChI=1S/C51H31FN4S/c52-37-26-28-40-39-19-7-9-23-44(39)56(46(40)31-37)45-30-34(32-13-3-1-4-14-32)25-27-43(45)51-54-49(33-15-5-2-6-16-33)53-50(55-51)36-18-11-17-35(29-36)38-21-12-22-42-41-20-8-10-24-47(41)57-48(38)42/h1-31H. The number of thiophene rings is 1. The van der Waals surface area contributed by atoms with E-state index in [1.165, 1.54) is 31.8 Å². The van der Waals surface area contributed by atoms with Crippen LogP contribution in [-0.2, 0) is 0 Å². The van der Waals surface area contributed by atoms with E-state index in [9.17, 15) is 0 Å². The Labute approximate surface area is 331 Å². The highest BCUT2D eigenvalue weighted by Gasteiger charge is 2.21. The van der Waals surface area contributed by atoms with Crippen LogP contribution in [0.5, 0.6) is 0 Å². The van der Waals surface area contributed by atoms with Crippen LogP contribution in [0.25, 0.3) is 104 Å². The lowest BCUT2D eigenvalue weighted by atomic mass is 10.00. The van der Waals surface area contributed by atoms with Crippen molar-refractivity contribution in [2.24, 2.45) is 0 Å². The molecule has 0 unspecified atom stereocenters. The fourth-order valence-electron chi connectivity index (χ4n) is 8.06. The molecule has 0 radical (unpaired) electrons. The van der Waals surface area contributed by atoms with Crippen molar-refractivity contribution in [2.75, 3.05) is 0 Å². The van der Waals surface area contributed by atoms with Crippen LogP contribution in [0.2, 0.25) is 0 Å². The van der Waals surface area contributed by atoms with Gasteiger partial charge >= 0.3 is 0 Å². The summed E-state index contributed by atoms with van der Waals surface area (Å²) in [4.78, 5) is 15.6. The van der Waals surface area contributed by atoms with E-state index in [4.69, 9.17) is 15.0 Å². The number of nitrogens with zero attached hydrogens (tertiary/aromatic N) is 4. The smallest absolute Gasteiger partial charge is 0.166 e. The first kappa shape index (κ1) is 33.1. The predicted octanol–water partition coefficient (Wildman–Crippen LogP) is 13.8. The van der Waals surface area contributed by atoms with Crippen molar-refractivity contribution < 1.29 is 4.39 Å². The topological polar surface area (TPSA) is 43.6 Å². The minimum Gasteiger partial charge on any atom is -0.308 e. The molecule has 4 nitrogen and oxygen atoms in total. The Bertz CT molecular complexity index is 3310. The summed E-state index contributed by atoms with van der Waals surface area (Å²) in [6.45, 7) is 0. The molecule has 0 aliphatic rings. The van der Waals surface area contributed by atoms with Crippen molar-refractivity contribution in [1.29, 1.82) is 0 Å². The van der Waals surface area contributed by atoms with Gasteiger partial charge in [0.15, 0.2) is 17.5 Å². The highest BCUT2D eigenvalue weighted by atomic mass is 32.1. The molecule has 0 amide bonds. The Kier molecular flexibility index (Phi) is 7.83. The minimum atomic E-state index is -0.299. The third kappa shape index (κ3) is 5.69. The van der Waals surface area contributed by atoms with Crippen LogP contribution in [0, 0.1) is 5.82 Å². The van der Waals surface area contributed by atoms with Crippen molar-refractivity contribution in [3.05, 3.63) is 194 Å². The average Bonchev–Trinajstić information content (AvgIpc) is 3.82. The fourth-order valence-corrected chi connectivity index (χ4v) is 9.30. The number of benzene rings is 8. The van der Waals surface area contributed by atoms with Crippen molar-refractivity contribution in [2.45, 2.75) is 0 Å². The molecule has 0 aliphatic carbocycles. The summed E-state index contributed by atoms with van der Waals surface area (Å²) in [5.41, 5.74) is 9.50. The van der Waals surface area contributed by atoms with Gasteiger partial charge in [-0.25, -0.2) is 19.3 Å². The van der Waals surface area contributed by atoms with Gasteiger partial charge in [-0.3, -0.25) is 0 Å². The van der Waals surface area contributed by atoms with Gasteiger partial charge in [-0.1, -0.05) is 140 Å². The first-order chi connectivity index (χ1) is 28.2. The molecule has 0 aliphatic heterocycles. The highest BCUT2D eigenvalue weighted by molar-refractivity contribution is 7.26. The quantitative estimate of drug-likeness (QED) is 0.170. The van der Waals surface area contributed by atoms with Gasteiger partial charge in [0.05, 0.1) is 16.7 Å². The number of fused-ring (bicyclic) bond motifs is 6. The molecular weight excluding hydrogens is 720 g/mol. The van der Waals surface area contributed by atoms with Gasteiger partial charge in [-0.15, -0.1) is 11.3 Å². The zero-order valence-electron chi connectivity index (χ0n) is 30.5. The van der Waals surface area contributed by atoms with Crippen LogP contribution in [0.3, 0.4) is 0 Å². The lowest BCUT2D eigenvalue weighted by Gasteiger charge is -2.16. The summed E-state index contributed by atoms with van der Waals surface area (Å²) in [6, 6.07) is 63.5. The van der Waals surface area contributed by atoms with Crippen molar-refractivity contribution in [1.82, 2.24) is 19.5 Å². The molecule has 6 heteroatoms. The Morgan fingerprint density at radius 2 is 1.02 bits per heavy atom. The van der Waals surface area contributed by atoms with Gasteiger partial charge in [-0.2, -0.15) is 0 Å². The third-order valence-electron chi connectivity index (χ3n) is 10.7. The molecule has 0 saturated heterocycles. The fraction of sp³-hybridized carbons (Fsp3) is 0. The molecule has 3 aromatic heterocycles. The molecule has 0 fully saturated rings. The number of aromatic nitrogens is 4. The van der Waals surface area contributed by atoms with Gasteiger partial charge in [0, 0.05) is 47.6 Å². The molecule has 0 bridgehead atoms. The van der Waals surface area contributed by atoms with E-state index in [1.807, 2.05) is 78.1 Å². The normalized spacial score (nSPS) is 11.6. The molecule has 57 heavy (non-hydrogen) atoms. The van der Waals surface area contributed by atoms with Gasteiger partial charge < -0.3 is 4.57 Å². The van der Waals surface area contributed by atoms with E-state index in [0.717, 1.165) is 60.9 Å². The SMILES string of the molecule is Fc1ccc2c3ccccc3n(-c3cc(-c4ccccc4)ccc3-c3nc(-c4ccccc4)nc(-c4cccc(-c5cccc6c5sc5ccccc56)c4)n3)c2c1. The lowest BCUT2D eigenvalue weighted by Crippen LogP contribution is -2.04. The van der Waals surface area contributed by atoms with E-state index in [-0.39, 0.29) is 5.82 Å². The van der Waals surface area contributed by atoms with Crippen molar-refractivity contribution in [3.63, 3.8) is 0 Å². The molecular formula is C51H31FN4S. The van der Waals surface area contributed by atoms with E-state index >= 15 is 4.39 Å². The molecule has 0 N–H and O–H groups in total. The largest absolute Gasteiger partial charge is 0.308 e. The van der Waals surface area contributed by atoms with E-state index in [1.54, 1.807) is 6.07 Å². The molecule has 11 aromatic rings. The van der Waals surface area contributed by atoms with Crippen molar-refractivity contribution >= 4 is 53.3 Å². The molecule has 0 atom stereocenters. The lowest BCUT2D eigenvalue weighted by molar-refractivity contribution is 0.629. The van der Waals surface area contributed by atoms with Crippen molar-refractivity contribution in [3.8, 4) is 62.1 Å². The summed E-state index contributed by atoms with van der Waals surface area (Å²) in [5.74, 6) is 1.36. The van der Waals surface area contributed by atoms with Crippen LogP contribution < -0.4 is 0 Å². The number of halogens is 1. The van der Waals surface area contributed by atoms with Gasteiger partial charge in [-0.05, 0) is 70.8 Å². The first-order valence-corrected chi connectivity index (χ1v) is 19.7. The Balaban J connectivity index is 1.15. The molecule has 11 rings (SSSR count). The maximum atomic E-state index is 15.2. The highest BCUT2D eigenvalue weighted by Crippen LogP contribution is 2.42. The average molecular weight is 751 g/mol. The van der Waals surface area contributed by atoms with E-state index in [0.29, 0.717) is 17.5 Å². The summed E-state index contributed by atoms with van der Waals surface area (Å²) in [6.07, 6.45) is 0. The molecule has 3 heterocycles. The van der Waals surface area contributed by atoms with Crippen LogP contribution in [0.1, 0.15) is 0 Å². The summed E-state index contributed by atoms with van der Waals surface area (Å²) >= 11 is 1.82. The first-order valence-electron chi connectivity index (χ1n) is 18.9. The second-order valence-electron chi connectivity index (χ2n) is 14.1. The second kappa shape index (κ2) is 13.5. The monoisotopic (exact) mass is 750 g/mol. The van der Waals surface area contributed by atoms with Crippen LogP contribution >= 0.6 is 11.3 Å². The predicted molar refractivity (Wildman–Crippen MR) is 234 cm³/mol. The Morgan fingerprint density at radius 1 is 0.386 bits per heavy atom. The zero-order chi connectivity index (χ0) is 37.9. The maximum Gasteiger partial charge on any atom is 0.166 e. The minimum absolute atomic E-state index is 0.299. The molecule has 268 valence electrons. The zero-order valence-corrected chi connectivity index (χ0v) is 31.3. The number of rotatable bonds is 6. The van der Waals surface area contributed by atoms with Crippen LogP contribution in [-0.4, -0.2) is 19.5 Å². The molecule has 0 spiro atoms. The molecule has 0 saturated carbocycles. The van der Waals surface area contributed by atoms with Gasteiger partial charge in [0.2, 0.25) is 0 Å². The van der Waals surface area contributed by atoms with Gasteiger partial charge in [0.25, 0.3) is 0 Å². The molecule has 8 aromatic carbocycles. The van der Waals surface area contributed by atoms with E-state index in [2.05, 4.69) is 114 Å². The summed E-state index contributed by atoms with van der Waals surface area (Å²) < 4.78 is 19.8. The number of hydrogen-bond acceptors (Lipinski definition) is 4.